The lowest BCUT2D eigenvalue weighted by atomic mass is 9.85. The monoisotopic (exact) mass is 354 g/mol. The minimum absolute atomic E-state index is 0.00230. The van der Waals surface area contributed by atoms with Gasteiger partial charge in [-0.15, -0.1) is 0 Å². The number of hydrogen-bond donors (Lipinski definition) is 2. The van der Waals surface area contributed by atoms with E-state index in [0.717, 1.165) is 25.5 Å². The third-order valence-electron chi connectivity index (χ3n) is 4.11. The molecular weight excluding hydrogens is 332 g/mol. The van der Waals surface area contributed by atoms with Crippen molar-refractivity contribution in [1.82, 2.24) is 0 Å². The molecule has 0 heterocycles. The fourth-order valence-electron chi connectivity index (χ4n) is 2.83. The predicted molar refractivity (Wildman–Crippen MR) is 89.5 cm³/mol. The Hall–Kier alpha value is -1.93. The lowest BCUT2D eigenvalue weighted by Gasteiger charge is -2.25. The summed E-state index contributed by atoms with van der Waals surface area (Å²) in [5.41, 5.74) is 6.22. The van der Waals surface area contributed by atoms with Gasteiger partial charge in [0.05, 0.1) is 17.6 Å². The zero-order chi connectivity index (χ0) is 17.9. The zero-order valence-electron chi connectivity index (χ0n) is 13.7. The van der Waals surface area contributed by atoms with Crippen LogP contribution in [0.15, 0.2) is 23.1 Å². The van der Waals surface area contributed by atoms with Gasteiger partial charge in [-0.05, 0) is 37.5 Å². The van der Waals surface area contributed by atoms with Crippen molar-refractivity contribution >= 4 is 27.4 Å². The highest BCUT2D eigenvalue weighted by atomic mass is 32.2. The maximum Gasteiger partial charge on any atom is 0.337 e. The summed E-state index contributed by atoms with van der Waals surface area (Å²) in [4.78, 5) is 24.1. The van der Waals surface area contributed by atoms with Gasteiger partial charge in [-0.25, -0.2) is 13.2 Å². The van der Waals surface area contributed by atoms with Crippen molar-refractivity contribution in [3.8, 4) is 0 Å². The molecule has 0 radical (unpaired) electrons. The number of carbonyl (C=O) groups is 2. The summed E-state index contributed by atoms with van der Waals surface area (Å²) in [6.45, 7) is 0. The Labute approximate surface area is 141 Å². The number of methoxy groups -OCH3 is 1. The molecule has 0 spiro atoms. The lowest BCUT2D eigenvalue weighted by molar-refractivity contribution is -0.120. The number of amides is 1. The van der Waals surface area contributed by atoms with Crippen molar-refractivity contribution in [2.75, 3.05) is 18.7 Å². The van der Waals surface area contributed by atoms with Gasteiger partial charge in [0.1, 0.15) is 0 Å². The number of esters is 1. The van der Waals surface area contributed by atoms with Crippen molar-refractivity contribution in [2.45, 2.75) is 36.6 Å². The van der Waals surface area contributed by atoms with E-state index in [1.54, 1.807) is 0 Å². The highest BCUT2D eigenvalue weighted by Crippen LogP contribution is 2.26. The number of rotatable bonds is 4. The van der Waals surface area contributed by atoms with E-state index >= 15 is 0 Å². The molecular formula is C16H22N2O5S. The standard InChI is InChI=1S/C16H22N2O5S/c1-23-16(20)11-7-13(9-14(8-11)24(2,21)22)18-15(19)10-4-3-5-12(17)6-10/h7-10,12H,3-6,17H2,1-2H3,(H,18,19). The van der Waals surface area contributed by atoms with Crippen molar-refractivity contribution < 1.29 is 22.7 Å². The molecule has 1 saturated carbocycles. The summed E-state index contributed by atoms with van der Waals surface area (Å²) in [6.07, 6.45) is 4.17. The van der Waals surface area contributed by atoms with Crippen LogP contribution in [0.4, 0.5) is 5.69 Å². The van der Waals surface area contributed by atoms with Crippen LogP contribution >= 0.6 is 0 Å². The Balaban J connectivity index is 2.28. The van der Waals surface area contributed by atoms with Gasteiger partial charge in [0.25, 0.3) is 0 Å². The zero-order valence-corrected chi connectivity index (χ0v) is 14.6. The van der Waals surface area contributed by atoms with Crippen molar-refractivity contribution in [3.63, 3.8) is 0 Å². The topological polar surface area (TPSA) is 116 Å². The molecule has 1 aliphatic carbocycles. The normalized spacial score (nSPS) is 21.1. The van der Waals surface area contributed by atoms with Crippen molar-refractivity contribution in [1.29, 1.82) is 0 Å². The number of carbonyl (C=O) groups excluding carboxylic acids is 2. The average molecular weight is 354 g/mol. The van der Waals surface area contributed by atoms with Crippen molar-refractivity contribution in [2.24, 2.45) is 11.7 Å². The molecule has 1 aliphatic rings. The molecule has 8 heteroatoms. The Kier molecular flexibility index (Phi) is 5.61. The minimum Gasteiger partial charge on any atom is -0.465 e. The second-order valence-electron chi connectivity index (χ2n) is 6.12. The fraction of sp³-hybridized carbons (Fsp3) is 0.500. The summed E-state index contributed by atoms with van der Waals surface area (Å²) < 4.78 is 28.2. The first-order valence-electron chi connectivity index (χ1n) is 7.70. The third-order valence-corrected chi connectivity index (χ3v) is 5.20. The van der Waals surface area contributed by atoms with Crippen LogP contribution in [-0.4, -0.2) is 39.7 Å². The first-order valence-corrected chi connectivity index (χ1v) is 9.59. The summed E-state index contributed by atoms with van der Waals surface area (Å²) in [7, 11) is -2.33. The van der Waals surface area contributed by atoms with Gasteiger partial charge < -0.3 is 15.8 Å². The first-order chi connectivity index (χ1) is 11.2. The van der Waals surface area contributed by atoms with Gasteiger partial charge >= 0.3 is 5.97 Å². The summed E-state index contributed by atoms with van der Waals surface area (Å²) in [5.74, 6) is -1.10. The maximum absolute atomic E-state index is 12.4. The second kappa shape index (κ2) is 7.31. The first kappa shape index (κ1) is 18.4. The molecule has 2 unspecified atom stereocenters. The van der Waals surface area contributed by atoms with Crippen LogP contribution in [0.1, 0.15) is 36.0 Å². The van der Waals surface area contributed by atoms with Gasteiger partial charge in [0.2, 0.25) is 5.91 Å². The summed E-state index contributed by atoms with van der Waals surface area (Å²) in [5, 5.41) is 2.70. The molecule has 1 aromatic rings. The number of nitrogens with two attached hydrogens (primary N) is 1. The van der Waals surface area contributed by atoms with E-state index in [-0.39, 0.29) is 34.0 Å². The van der Waals surface area contributed by atoms with E-state index in [1.807, 2.05) is 0 Å². The molecule has 0 aromatic heterocycles. The Morgan fingerprint density at radius 2 is 1.96 bits per heavy atom. The van der Waals surface area contributed by atoms with Crippen LogP contribution in [-0.2, 0) is 19.4 Å². The van der Waals surface area contributed by atoms with Crippen LogP contribution in [0.25, 0.3) is 0 Å². The largest absolute Gasteiger partial charge is 0.465 e. The Morgan fingerprint density at radius 3 is 2.54 bits per heavy atom. The van der Waals surface area contributed by atoms with Crippen LogP contribution in [0.3, 0.4) is 0 Å². The molecule has 0 bridgehead atoms. The number of ether oxygens (including phenoxy) is 1. The summed E-state index contributed by atoms with van der Waals surface area (Å²) >= 11 is 0. The number of sulfone groups is 1. The number of benzene rings is 1. The fourth-order valence-corrected chi connectivity index (χ4v) is 3.51. The SMILES string of the molecule is COC(=O)c1cc(NC(=O)C2CCCC(N)C2)cc(S(C)(=O)=O)c1. The Morgan fingerprint density at radius 1 is 1.25 bits per heavy atom. The smallest absolute Gasteiger partial charge is 0.337 e. The van der Waals surface area contributed by atoms with E-state index < -0.39 is 15.8 Å². The Bertz CT molecular complexity index is 745. The van der Waals surface area contributed by atoms with E-state index in [9.17, 15) is 18.0 Å². The van der Waals surface area contributed by atoms with E-state index in [2.05, 4.69) is 10.1 Å². The maximum atomic E-state index is 12.4. The predicted octanol–water partition coefficient (Wildman–Crippen LogP) is 1.33. The minimum atomic E-state index is -3.54. The van der Waals surface area contributed by atoms with Gasteiger partial charge in [-0.2, -0.15) is 0 Å². The van der Waals surface area contributed by atoms with Gasteiger partial charge in [-0.1, -0.05) is 6.42 Å². The quantitative estimate of drug-likeness (QED) is 0.788. The molecule has 2 atom stereocenters. The van der Waals surface area contributed by atoms with Crippen LogP contribution in [0.2, 0.25) is 0 Å². The lowest BCUT2D eigenvalue weighted by Crippen LogP contribution is -2.34. The molecule has 1 amide bonds. The van der Waals surface area contributed by atoms with Gasteiger partial charge in [0, 0.05) is 23.9 Å². The number of hydrogen-bond acceptors (Lipinski definition) is 6. The van der Waals surface area contributed by atoms with E-state index in [0.29, 0.717) is 6.42 Å². The molecule has 7 nitrogen and oxygen atoms in total. The van der Waals surface area contributed by atoms with Gasteiger partial charge in [0.15, 0.2) is 9.84 Å². The number of nitrogens with one attached hydrogen (secondary N) is 1. The number of anilines is 1. The molecule has 0 aliphatic heterocycles. The van der Waals surface area contributed by atoms with Gasteiger partial charge in [-0.3, -0.25) is 4.79 Å². The highest BCUT2D eigenvalue weighted by Gasteiger charge is 2.26. The molecule has 1 fully saturated rings. The molecule has 0 saturated heterocycles. The molecule has 132 valence electrons. The summed E-state index contributed by atoms with van der Waals surface area (Å²) in [6, 6.07) is 3.97. The average Bonchev–Trinajstić information content (AvgIpc) is 2.53. The van der Waals surface area contributed by atoms with Crippen LogP contribution in [0.5, 0.6) is 0 Å². The molecule has 3 N–H and O–H groups in total. The highest BCUT2D eigenvalue weighted by molar-refractivity contribution is 7.90. The van der Waals surface area contributed by atoms with Crippen molar-refractivity contribution in [3.05, 3.63) is 23.8 Å². The molecule has 2 rings (SSSR count). The molecule has 1 aromatic carbocycles. The van der Waals surface area contributed by atoms with E-state index in [1.165, 1.54) is 25.3 Å². The van der Waals surface area contributed by atoms with Crippen LogP contribution < -0.4 is 11.1 Å². The molecule has 24 heavy (non-hydrogen) atoms. The second-order valence-corrected chi connectivity index (χ2v) is 8.14. The van der Waals surface area contributed by atoms with E-state index in [4.69, 9.17) is 5.73 Å². The third kappa shape index (κ3) is 4.55. The van der Waals surface area contributed by atoms with Crippen LogP contribution in [0, 0.1) is 5.92 Å².